The Morgan fingerprint density at radius 2 is 1.86 bits per heavy atom. The van der Waals surface area contributed by atoms with E-state index in [2.05, 4.69) is 4.98 Å². The van der Waals surface area contributed by atoms with Gasteiger partial charge in [-0.2, -0.15) is 0 Å². The average molecular weight is 285 g/mol. The lowest BCUT2D eigenvalue weighted by Gasteiger charge is -2.10. The first-order valence-electron chi connectivity index (χ1n) is 6.36. The lowest BCUT2D eigenvalue weighted by molar-refractivity contribution is 0.0723. The van der Waals surface area contributed by atoms with Gasteiger partial charge >= 0.3 is 5.97 Å². The van der Waals surface area contributed by atoms with Crippen LogP contribution in [0.3, 0.4) is 0 Å². The predicted octanol–water partition coefficient (Wildman–Crippen LogP) is 2.82. The highest BCUT2D eigenvalue weighted by atomic mass is 16.6. The molecule has 0 N–H and O–H groups in total. The largest absolute Gasteiger partial charge is 0.493 e. The zero-order valence-electron chi connectivity index (χ0n) is 12.0. The Bertz CT molecular complexity index is 694. The maximum absolute atomic E-state index is 12.0. The zero-order valence-corrected chi connectivity index (χ0v) is 12.0. The minimum atomic E-state index is -0.576. The molecule has 0 radical (unpaired) electrons. The summed E-state index contributed by atoms with van der Waals surface area (Å²) in [7, 11) is 1.45. The van der Waals surface area contributed by atoms with Crippen molar-refractivity contribution in [2.75, 3.05) is 7.11 Å². The summed E-state index contributed by atoms with van der Waals surface area (Å²) in [5.74, 6) is -0.0985. The number of aryl methyl sites for hydroxylation is 1. The molecule has 5 nitrogen and oxygen atoms in total. The van der Waals surface area contributed by atoms with E-state index < -0.39 is 5.97 Å². The molecule has 21 heavy (non-hydrogen) atoms. The van der Waals surface area contributed by atoms with Crippen LogP contribution in [0.25, 0.3) is 0 Å². The molecule has 0 bridgehead atoms. The number of esters is 1. The van der Waals surface area contributed by atoms with Crippen LogP contribution in [0.4, 0.5) is 0 Å². The molecule has 2 rings (SSSR count). The number of rotatable bonds is 4. The first-order chi connectivity index (χ1) is 10.0. The van der Waals surface area contributed by atoms with Gasteiger partial charge < -0.3 is 9.47 Å². The molecule has 0 unspecified atom stereocenters. The third-order valence-corrected chi connectivity index (χ3v) is 2.87. The first kappa shape index (κ1) is 14.7. The fraction of sp³-hybridized carbons (Fsp3) is 0.188. The highest BCUT2D eigenvalue weighted by molar-refractivity contribution is 5.95. The predicted molar refractivity (Wildman–Crippen MR) is 76.9 cm³/mol. The molecule has 0 saturated carbocycles. The number of pyridine rings is 1. The van der Waals surface area contributed by atoms with Gasteiger partial charge in [-0.05, 0) is 44.2 Å². The smallest absolute Gasteiger partial charge is 0.362 e. The van der Waals surface area contributed by atoms with Crippen molar-refractivity contribution >= 4 is 11.8 Å². The van der Waals surface area contributed by atoms with E-state index in [1.807, 2.05) is 0 Å². The molecule has 0 aliphatic carbocycles. The SMILES string of the molecule is COc1cc(C(C)=O)ccc1OC(=O)c1cccc(C)n1. The summed E-state index contributed by atoms with van der Waals surface area (Å²) >= 11 is 0. The molecule has 5 heteroatoms. The van der Waals surface area contributed by atoms with Crippen molar-refractivity contribution in [1.82, 2.24) is 4.98 Å². The fourth-order valence-corrected chi connectivity index (χ4v) is 1.78. The second kappa shape index (κ2) is 6.17. The van der Waals surface area contributed by atoms with Crippen LogP contribution in [0.5, 0.6) is 11.5 Å². The molecule has 108 valence electrons. The standard InChI is InChI=1S/C16H15NO4/c1-10-5-4-6-13(17-10)16(19)21-14-8-7-12(11(2)18)9-15(14)20-3/h4-9H,1-3H3. The Morgan fingerprint density at radius 3 is 2.48 bits per heavy atom. The average Bonchev–Trinajstić information content (AvgIpc) is 2.47. The van der Waals surface area contributed by atoms with Crippen molar-refractivity contribution in [1.29, 1.82) is 0 Å². The van der Waals surface area contributed by atoms with Crippen LogP contribution in [0.2, 0.25) is 0 Å². The number of methoxy groups -OCH3 is 1. The normalized spacial score (nSPS) is 10.0. The van der Waals surface area contributed by atoms with Crippen LogP contribution in [-0.4, -0.2) is 23.8 Å². The minimum Gasteiger partial charge on any atom is -0.493 e. The lowest BCUT2D eigenvalue weighted by atomic mass is 10.1. The van der Waals surface area contributed by atoms with Crippen molar-refractivity contribution in [3.63, 3.8) is 0 Å². The Balaban J connectivity index is 2.27. The van der Waals surface area contributed by atoms with Crippen LogP contribution >= 0.6 is 0 Å². The maximum atomic E-state index is 12.0. The second-order valence-corrected chi connectivity index (χ2v) is 4.48. The Labute approximate surface area is 122 Å². The number of carbonyl (C=O) groups is 2. The van der Waals surface area contributed by atoms with E-state index in [-0.39, 0.29) is 17.2 Å². The highest BCUT2D eigenvalue weighted by Gasteiger charge is 2.15. The van der Waals surface area contributed by atoms with Crippen molar-refractivity contribution in [3.05, 3.63) is 53.3 Å². The number of aromatic nitrogens is 1. The molecule has 2 aromatic rings. The van der Waals surface area contributed by atoms with Crippen molar-refractivity contribution < 1.29 is 19.1 Å². The molecule has 0 fully saturated rings. The molecular formula is C16H15NO4. The van der Waals surface area contributed by atoms with Gasteiger partial charge in [0.25, 0.3) is 0 Å². The van der Waals surface area contributed by atoms with Gasteiger partial charge in [-0.25, -0.2) is 9.78 Å². The van der Waals surface area contributed by atoms with Crippen molar-refractivity contribution in [2.24, 2.45) is 0 Å². The number of benzene rings is 1. The van der Waals surface area contributed by atoms with Gasteiger partial charge in [0, 0.05) is 11.3 Å². The molecule has 0 aliphatic rings. The van der Waals surface area contributed by atoms with Gasteiger partial charge in [-0.1, -0.05) is 6.07 Å². The number of hydrogen-bond donors (Lipinski definition) is 0. The summed E-state index contributed by atoms with van der Waals surface area (Å²) in [5, 5.41) is 0. The fourth-order valence-electron chi connectivity index (χ4n) is 1.78. The van der Waals surface area contributed by atoms with E-state index in [9.17, 15) is 9.59 Å². The lowest BCUT2D eigenvalue weighted by Crippen LogP contribution is -2.11. The summed E-state index contributed by atoms with van der Waals surface area (Å²) in [5.41, 5.74) is 1.43. The Hall–Kier alpha value is -2.69. The molecular weight excluding hydrogens is 270 g/mol. The van der Waals surface area contributed by atoms with E-state index in [4.69, 9.17) is 9.47 Å². The van der Waals surface area contributed by atoms with Crippen LogP contribution in [0.15, 0.2) is 36.4 Å². The quantitative estimate of drug-likeness (QED) is 0.491. The molecule has 0 aliphatic heterocycles. The number of carbonyl (C=O) groups excluding carboxylic acids is 2. The summed E-state index contributed by atoms with van der Waals surface area (Å²) < 4.78 is 10.4. The van der Waals surface area contributed by atoms with Crippen molar-refractivity contribution in [2.45, 2.75) is 13.8 Å². The van der Waals surface area contributed by atoms with Crippen molar-refractivity contribution in [3.8, 4) is 11.5 Å². The van der Waals surface area contributed by atoms with Crippen LogP contribution < -0.4 is 9.47 Å². The van der Waals surface area contributed by atoms with Gasteiger partial charge in [0.15, 0.2) is 17.3 Å². The van der Waals surface area contributed by atoms with E-state index in [0.29, 0.717) is 11.3 Å². The zero-order chi connectivity index (χ0) is 15.4. The molecule has 1 heterocycles. The molecule has 0 amide bonds. The summed E-state index contributed by atoms with van der Waals surface area (Å²) in [4.78, 5) is 27.5. The molecule has 0 atom stereocenters. The van der Waals surface area contributed by atoms with E-state index in [1.165, 1.54) is 26.2 Å². The van der Waals surface area contributed by atoms with Gasteiger partial charge in [0.05, 0.1) is 7.11 Å². The van der Waals surface area contributed by atoms with Gasteiger partial charge in [0.2, 0.25) is 0 Å². The topological polar surface area (TPSA) is 65.5 Å². The molecule has 0 spiro atoms. The third-order valence-electron chi connectivity index (χ3n) is 2.87. The number of hydrogen-bond acceptors (Lipinski definition) is 5. The van der Waals surface area contributed by atoms with Crippen LogP contribution in [0, 0.1) is 6.92 Å². The summed E-state index contributed by atoms with van der Waals surface area (Å²) in [6.45, 7) is 3.25. The van der Waals surface area contributed by atoms with E-state index >= 15 is 0 Å². The monoisotopic (exact) mass is 285 g/mol. The number of ketones is 1. The molecule has 1 aromatic carbocycles. The maximum Gasteiger partial charge on any atom is 0.362 e. The van der Waals surface area contributed by atoms with Gasteiger partial charge in [-0.15, -0.1) is 0 Å². The second-order valence-electron chi connectivity index (χ2n) is 4.48. The van der Waals surface area contributed by atoms with Crippen LogP contribution in [0.1, 0.15) is 33.5 Å². The summed E-state index contributed by atoms with van der Waals surface area (Å²) in [6, 6.07) is 9.74. The summed E-state index contributed by atoms with van der Waals surface area (Å²) in [6.07, 6.45) is 0. The number of ether oxygens (including phenoxy) is 2. The highest BCUT2D eigenvalue weighted by Crippen LogP contribution is 2.28. The first-order valence-corrected chi connectivity index (χ1v) is 6.36. The number of nitrogens with zero attached hydrogens (tertiary/aromatic N) is 1. The van der Waals surface area contributed by atoms with E-state index in [1.54, 1.807) is 31.2 Å². The number of Topliss-reactive ketones (excluding diaryl/α,β-unsaturated/α-hetero) is 1. The van der Waals surface area contributed by atoms with Gasteiger partial charge in [-0.3, -0.25) is 4.79 Å². The third kappa shape index (κ3) is 3.45. The van der Waals surface area contributed by atoms with Crippen LogP contribution in [-0.2, 0) is 0 Å². The Kier molecular flexibility index (Phi) is 4.33. The van der Waals surface area contributed by atoms with Gasteiger partial charge in [0.1, 0.15) is 5.69 Å². The molecule has 1 aromatic heterocycles. The molecule has 0 saturated heterocycles. The Morgan fingerprint density at radius 1 is 1.10 bits per heavy atom. The van der Waals surface area contributed by atoms with E-state index in [0.717, 1.165) is 5.69 Å². The minimum absolute atomic E-state index is 0.0912.